The van der Waals surface area contributed by atoms with Crippen molar-refractivity contribution in [3.8, 4) is 17.2 Å². The molecule has 1 atom stereocenters. The van der Waals surface area contributed by atoms with E-state index in [-0.39, 0.29) is 28.8 Å². The molecule has 0 N–H and O–H groups in total. The Kier molecular flexibility index (Phi) is 5.77. The molecule has 0 radical (unpaired) electrons. The highest BCUT2D eigenvalue weighted by atomic mass is 19.3. The van der Waals surface area contributed by atoms with Gasteiger partial charge in [-0.1, -0.05) is 6.07 Å². The topological polar surface area (TPSA) is 118 Å². The minimum Gasteiger partial charge on any atom is -0.449 e. The molecule has 2 aromatic carbocycles. The van der Waals surface area contributed by atoms with Gasteiger partial charge >= 0.3 is 12.6 Å². The van der Waals surface area contributed by atoms with Crippen molar-refractivity contribution in [1.29, 1.82) is 0 Å². The molecule has 1 aromatic heterocycles. The molecule has 29 heavy (non-hydrogen) atoms. The summed E-state index contributed by atoms with van der Waals surface area (Å²) in [6.45, 7) is -1.53. The van der Waals surface area contributed by atoms with E-state index in [1.807, 2.05) is 0 Å². The van der Waals surface area contributed by atoms with Crippen molar-refractivity contribution in [2.45, 2.75) is 19.6 Å². The zero-order chi connectivity index (χ0) is 21.0. The predicted molar refractivity (Wildman–Crippen MR) is 93.3 cm³/mol. The van der Waals surface area contributed by atoms with Crippen LogP contribution in [-0.2, 0) is 4.74 Å². The first-order valence-corrected chi connectivity index (χ1v) is 8.17. The number of hydrogen-bond donors (Lipinski definition) is 0. The van der Waals surface area contributed by atoms with E-state index in [0.29, 0.717) is 5.56 Å². The summed E-state index contributed by atoms with van der Waals surface area (Å²) in [4.78, 5) is 22.4. The first-order valence-electron chi connectivity index (χ1n) is 8.17. The van der Waals surface area contributed by atoms with Crippen molar-refractivity contribution in [1.82, 2.24) is 10.2 Å². The first kappa shape index (κ1) is 19.9. The van der Waals surface area contributed by atoms with Crippen LogP contribution in [0.1, 0.15) is 29.3 Å². The summed E-state index contributed by atoms with van der Waals surface area (Å²) in [5.41, 5.74) is 0.365. The SMILES string of the molecule is C[C@H](OC(=O)c1cccc(OC(F)F)c1)c1nnc(-c2ccc([N+](=O)[O-])cc2)o1. The van der Waals surface area contributed by atoms with Gasteiger partial charge in [-0.15, -0.1) is 10.2 Å². The molecule has 0 bridgehead atoms. The minimum atomic E-state index is -3.02. The summed E-state index contributed by atoms with van der Waals surface area (Å²) in [6, 6.07) is 10.6. The zero-order valence-electron chi connectivity index (χ0n) is 14.8. The summed E-state index contributed by atoms with van der Waals surface area (Å²) in [5.74, 6) is -0.899. The second kappa shape index (κ2) is 8.42. The summed E-state index contributed by atoms with van der Waals surface area (Å²) < 4.78 is 39.5. The van der Waals surface area contributed by atoms with Crippen molar-refractivity contribution in [2.24, 2.45) is 0 Å². The standard InChI is InChI=1S/C18H13F2N3O6/c1-10(27-17(24)12-3-2-4-14(9-12)28-18(19)20)15-21-22-16(29-15)11-5-7-13(8-6-11)23(25)26/h2-10,18H,1H3/t10-/m0/s1. The van der Waals surface area contributed by atoms with E-state index in [9.17, 15) is 23.7 Å². The van der Waals surface area contributed by atoms with Gasteiger partial charge in [0.25, 0.3) is 11.6 Å². The van der Waals surface area contributed by atoms with Crippen LogP contribution in [0, 0.1) is 10.1 Å². The van der Waals surface area contributed by atoms with Gasteiger partial charge in [0, 0.05) is 17.7 Å². The van der Waals surface area contributed by atoms with Crippen LogP contribution < -0.4 is 4.74 Å². The van der Waals surface area contributed by atoms with Gasteiger partial charge in [-0.3, -0.25) is 10.1 Å². The van der Waals surface area contributed by atoms with Gasteiger partial charge in [0.1, 0.15) is 5.75 Å². The lowest BCUT2D eigenvalue weighted by Gasteiger charge is -2.10. The van der Waals surface area contributed by atoms with Crippen LogP contribution in [0.15, 0.2) is 52.9 Å². The molecular formula is C18H13F2N3O6. The van der Waals surface area contributed by atoms with Crippen molar-refractivity contribution < 1.29 is 32.4 Å². The van der Waals surface area contributed by atoms with Gasteiger partial charge in [-0.25, -0.2) is 4.79 Å². The van der Waals surface area contributed by atoms with Crippen molar-refractivity contribution in [3.63, 3.8) is 0 Å². The third-order valence-corrected chi connectivity index (χ3v) is 3.69. The maximum atomic E-state index is 12.3. The number of nitrogens with zero attached hydrogens (tertiary/aromatic N) is 3. The van der Waals surface area contributed by atoms with Gasteiger partial charge in [0.15, 0.2) is 6.10 Å². The summed E-state index contributed by atoms with van der Waals surface area (Å²) in [6.07, 6.45) is -0.929. The fourth-order valence-corrected chi connectivity index (χ4v) is 2.32. The van der Waals surface area contributed by atoms with E-state index in [1.165, 1.54) is 49.4 Å². The van der Waals surface area contributed by atoms with E-state index in [2.05, 4.69) is 14.9 Å². The van der Waals surface area contributed by atoms with Gasteiger partial charge in [0.2, 0.25) is 5.89 Å². The Balaban J connectivity index is 1.69. The monoisotopic (exact) mass is 405 g/mol. The van der Waals surface area contributed by atoms with E-state index < -0.39 is 23.6 Å². The fourth-order valence-electron chi connectivity index (χ4n) is 2.32. The maximum Gasteiger partial charge on any atom is 0.387 e. The first-order chi connectivity index (χ1) is 13.8. The lowest BCUT2D eigenvalue weighted by Crippen LogP contribution is -2.10. The number of alkyl halides is 2. The number of aromatic nitrogens is 2. The smallest absolute Gasteiger partial charge is 0.387 e. The van der Waals surface area contributed by atoms with Gasteiger partial charge in [-0.05, 0) is 37.3 Å². The molecule has 11 heteroatoms. The Morgan fingerprint density at radius 2 is 1.90 bits per heavy atom. The molecule has 0 unspecified atom stereocenters. The predicted octanol–water partition coefficient (Wildman–Crippen LogP) is 4.16. The normalized spacial score (nSPS) is 11.9. The number of esters is 1. The van der Waals surface area contributed by atoms with Crippen LogP contribution in [0.4, 0.5) is 14.5 Å². The van der Waals surface area contributed by atoms with Gasteiger partial charge < -0.3 is 13.9 Å². The highest BCUT2D eigenvalue weighted by molar-refractivity contribution is 5.90. The molecule has 3 aromatic rings. The molecule has 0 spiro atoms. The van der Waals surface area contributed by atoms with Crippen LogP contribution >= 0.6 is 0 Å². The maximum absolute atomic E-state index is 12.3. The lowest BCUT2D eigenvalue weighted by molar-refractivity contribution is -0.384. The van der Waals surface area contributed by atoms with Crippen LogP contribution in [-0.4, -0.2) is 27.7 Å². The average Bonchev–Trinajstić information content (AvgIpc) is 3.18. The molecule has 0 amide bonds. The number of carbonyl (C=O) groups is 1. The number of rotatable bonds is 7. The molecule has 0 aliphatic heterocycles. The molecule has 0 aliphatic rings. The van der Waals surface area contributed by atoms with Gasteiger partial charge in [-0.2, -0.15) is 8.78 Å². The second-order valence-corrected chi connectivity index (χ2v) is 5.70. The van der Waals surface area contributed by atoms with Crippen LogP contribution in [0.5, 0.6) is 5.75 Å². The Morgan fingerprint density at radius 1 is 1.17 bits per heavy atom. The Morgan fingerprint density at radius 3 is 2.55 bits per heavy atom. The second-order valence-electron chi connectivity index (χ2n) is 5.70. The Hall–Kier alpha value is -3.89. The number of carbonyl (C=O) groups excluding carboxylic acids is 1. The molecule has 3 rings (SSSR count). The fraction of sp³-hybridized carbons (Fsp3) is 0.167. The highest BCUT2D eigenvalue weighted by Gasteiger charge is 2.21. The van der Waals surface area contributed by atoms with E-state index >= 15 is 0 Å². The van der Waals surface area contributed by atoms with Crippen molar-refractivity contribution in [3.05, 3.63) is 70.1 Å². The van der Waals surface area contributed by atoms with Crippen LogP contribution in [0.2, 0.25) is 0 Å². The number of non-ortho nitro benzene ring substituents is 1. The number of hydrogen-bond acceptors (Lipinski definition) is 8. The largest absolute Gasteiger partial charge is 0.449 e. The Labute approximate surface area is 162 Å². The van der Waals surface area contributed by atoms with Gasteiger partial charge in [0.05, 0.1) is 10.5 Å². The minimum absolute atomic E-state index is 0.00473. The molecule has 0 fully saturated rings. The highest BCUT2D eigenvalue weighted by Crippen LogP contribution is 2.25. The van der Waals surface area contributed by atoms with E-state index in [0.717, 1.165) is 6.07 Å². The number of nitro groups is 1. The Bertz CT molecular complexity index is 1020. The molecule has 0 saturated carbocycles. The van der Waals surface area contributed by atoms with E-state index in [1.54, 1.807) is 0 Å². The third-order valence-electron chi connectivity index (χ3n) is 3.69. The summed E-state index contributed by atoms with van der Waals surface area (Å²) >= 11 is 0. The quantitative estimate of drug-likeness (QED) is 0.327. The molecule has 150 valence electrons. The number of ether oxygens (including phenoxy) is 2. The molecule has 9 nitrogen and oxygen atoms in total. The number of halogens is 2. The zero-order valence-corrected chi connectivity index (χ0v) is 14.8. The molecule has 0 saturated heterocycles. The number of nitro benzene ring substituents is 1. The molecule has 0 aliphatic carbocycles. The van der Waals surface area contributed by atoms with Crippen LogP contribution in [0.25, 0.3) is 11.5 Å². The molecular weight excluding hydrogens is 392 g/mol. The number of benzene rings is 2. The van der Waals surface area contributed by atoms with Crippen LogP contribution in [0.3, 0.4) is 0 Å². The third kappa shape index (κ3) is 4.89. The average molecular weight is 405 g/mol. The molecule has 1 heterocycles. The summed E-state index contributed by atoms with van der Waals surface area (Å²) in [7, 11) is 0. The summed E-state index contributed by atoms with van der Waals surface area (Å²) in [5, 5.41) is 18.3. The lowest BCUT2D eigenvalue weighted by atomic mass is 10.2. The van der Waals surface area contributed by atoms with Crippen molar-refractivity contribution in [2.75, 3.05) is 0 Å². The van der Waals surface area contributed by atoms with Crippen molar-refractivity contribution >= 4 is 11.7 Å². The van der Waals surface area contributed by atoms with E-state index in [4.69, 9.17) is 9.15 Å².